The van der Waals surface area contributed by atoms with E-state index in [4.69, 9.17) is 0 Å². The number of amides is 1. The van der Waals surface area contributed by atoms with Crippen LogP contribution in [0.5, 0.6) is 0 Å². The SMILES string of the molecule is CN1CC2CCC(C1)N2C(=O)c1cnc(CC(F)(F)F)s1. The van der Waals surface area contributed by atoms with Gasteiger partial charge in [-0.25, -0.2) is 4.98 Å². The van der Waals surface area contributed by atoms with Crippen molar-refractivity contribution in [3.05, 3.63) is 16.1 Å². The van der Waals surface area contributed by atoms with Gasteiger partial charge in [0.05, 0.1) is 12.6 Å². The van der Waals surface area contributed by atoms with Gasteiger partial charge in [0, 0.05) is 25.2 Å². The standard InChI is InChI=1S/C13H16F3N3OS/c1-18-6-8-2-3-9(7-18)19(8)12(20)10-5-17-11(21-10)4-13(14,15)16/h5,8-9H,2-4,6-7H2,1H3. The molecule has 2 saturated heterocycles. The number of likely N-dealkylation sites (N-methyl/N-ethyl adjacent to an activating group) is 1. The highest BCUT2D eigenvalue weighted by Gasteiger charge is 2.42. The highest BCUT2D eigenvalue weighted by molar-refractivity contribution is 7.13. The Morgan fingerprint density at radius 3 is 2.57 bits per heavy atom. The van der Waals surface area contributed by atoms with E-state index in [0.717, 1.165) is 37.3 Å². The summed E-state index contributed by atoms with van der Waals surface area (Å²) in [5.74, 6) is -0.165. The molecule has 0 N–H and O–H groups in total. The lowest BCUT2D eigenvalue weighted by Crippen LogP contribution is -2.54. The number of aromatic nitrogens is 1. The van der Waals surface area contributed by atoms with Gasteiger partial charge >= 0.3 is 6.18 Å². The van der Waals surface area contributed by atoms with Crippen molar-refractivity contribution in [3.8, 4) is 0 Å². The van der Waals surface area contributed by atoms with Crippen LogP contribution in [0.2, 0.25) is 0 Å². The highest BCUT2D eigenvalue weighted by Crippen LogP contribution is 2.32. The number of alkyl halides is 3. The van der Waals surface area contributed by atoms with Crippen LogP contribution in [0.4, 0.5) is 13.2 Å². The van der Waals surface area contributed by atoms with Crippen molar-refractivity contribution in [2.45, 2.75) is 37.5 Å². The Morgan fingerprint density at radius 2 is 2.00 bits per heavy atom. The molecule has 2 atom stereocenters. The van der Waals surface area contributed by atoms with E-state index in [1.54, 1.807) is 0 Å². The number of likely N-dealkylation sites (tertiary alicyclic amines) is 1. The number of halogens is 3. The number of piperazine rings is 1. The second kappa shape index (κ2) is 5.24. The van der Waals surface area contributed by atoms with Crippen LogP contribution in [-0.4, -0.2) is 59.1 Å². The topological polar surface area (TPSA) is 36.4 Å². The first-order valence-corrected chi connectivity index (χ1v) is 7.68. The molecule has 2 fully saturated rings. The Bertz CT molecular complexity index is 531. The zero-order chi connectivity index (χ0) is 15.2. The summed E-state index contributed by atoms with van der Waals surface area (Å²) in [7, 11) is 2.03. The number of carbonyl (C=O) groups is 1. The van der Waals surface area contributed by atoms with Crippen molar-refractivity contribution >= 4 is 17.2 Å². The Balaban J connectivity index is 1.74. The average molecular weight is 319 g/mol. The van der Waals surface area contributed by atoms with E-state index in [1.165, 1.54) is 6.20 Å². The number of fused-ring (bicyclic) bond motifs is 2. The Morgan fingerprint density at radius 1 is 1.38 bits per heavy atom. The fourth-order valence-corrected chi connectivity index (χ4v) is 4.13. The minimum absolute atomic E-state index is 0.0488. The molecule has 1 aromatic rings. The maximum atomic E-state index is 12.5. The summed E-state index contributed by atoms with van der Waals surface area (Å²) in [5.41, 5.74) is 0. The molecule has 0 radical (unpaired) electrons. The smallest absolute Gasteiger partial charge is 0.329 e. The first-order chi connectivity index (χ1) is 9.83. The van der Waals surface area contributed by atoms with E-state index in [9.17, 15) is 18.0 Å². The van der Waals surface area contributed by atoms with Crippen LogP contribution in [0.3, 0.4) is 0 Å². The van der Waals surface area contributed by atoms with Gasteiger partial charge in [0.25, 0.3) is 5.91 Å². The molecule has 0 aliphatic carbocycles. The molecule has 2 aliphatic heterocycles. The summed E-state index contributed by atoms with van der Waals surface area (Å²) in [6.45, 7) is 1.66. The van der Waals surface area contributed by atoms with Crippen LogP contribution in [-0.2, 0) is 6.42 Å². The molecule has 4 nitrogen and oxygen atoms in total. The number of thiazole rings is 1. The van der Waals surface area contributed by atoms with Crippen LogP contribution in [0.1, 0.15) is 27.5 Å². The van der Waals surface area contributed by atoms with Crippen molar-refractivity contribution in [2.24, 2.45) is 0 Å². The first kappa shape index (κ1) is 14.8. The molecule has 0 aromatic carbocycles. The number of hydrogen-bond donors (Lipinski definition) is 0. The van der Waals surface area contributed by atoms with Crippen molar-refractivity contribution in [1.82, 2.24) is 14.8 Å². The van der Waals surface area contributed by atoms with Crippen LogP contribution in [0.25, 0.3) is 0 Å². The van der Waals surface area contributed by atoms with Crippen molar-refractivity contribution in [3.63, 3.8) is 0 Å². The van der Waals surface area contributed by atoms with Crippen molar-refractivity contribution < 1.29 is 18.0 Å². The molecule has 0 saturated carbocycles. The lowest BCUT2D eigenvalue weighted by Gasteiger charge is -2.39. The van der Waals surface area contributed by atoms with Crippen LogP contribution in [0, 0.1) is 0 Å². The zero-order valence-corrected chi connectivity index (χ0v) is 12.4. The van der Waals surface area contributed by atoms with Crippen LogP contribution >= 0.6 is 11.3 Å². The molecule has 2 bridgehead atoms. The lowest BCUT2D eigenvalue weighted by atomic mass is 10.2. The maximum absolute atomic E-state index is 12.5. The number of carbonyl (C=O) groups excluding carboxylic acids is 1. The van der Waals surface area contributed by atoms with Gasteiger partial charge in [-0.15, -0.1) is 11.3 Å². The molecule has 1 aromatic heterocycles. The van der Waals surface area contributed by atoms with E-state index in [2.05, 4.69) is 9.88 Å². The predicted octanol–water partition coefficient (Wildman–Crippen LogP) is 2.17. The van der Waals surface area contributed by atoms with Crippen molar-refractivity contribution in [1.29, 1.82) is 0 Å². The molecule has 0 spiro atoms. The Labute approximate surface area is 124 Å². The van der Waals surface area contributed by atoms with E-state index in [-0.39, 0.29) is 23.0 Å². The Kier molecular flexibility index (Phi) is 3.69. The number of nitrogens with zero attached hydrogens (tertiary/aromatic N) is 3. The van der Waals surface area contributed by atoms with E-state index < -0.39 is 12.6 Å². The summed E-state index contributed by atoms with van der Waals surface area (Å²) in [4.78, 5) is 20.7. The molecule has 21 heavy (non-hydrogen) atoms. The second-order valence-electron chi connectivity index (χ2n) is 5.73. The van der Waals surface area contributed by atoms with Gasteiger partial charge in [-0.3, -0.25) is 4.79 Å². The molecule has 116 valence electrons. The summed E-state index contributed by atoms with van der Waals surface area (Å²) < 4.78 is 37.0. The monoisotopic (exact) mass is 319 g/mol. The molecule has 8 heteroatoms. The molecule has 2 aliphatic rings. The van der Waals surface area contributed by atoms with Gasteiger partial charge in [-0.05, 0) is 19.9 Å². The van der Waals surface area contributed by atoms with Gasteiger partial charge in [-0.2, -0.15) is 13.2 Å². The van der Waals surface area contributed by atoms with E-state index in [0.29, 0.717) is 4.88 Å². The highest BCUT2D eigenvalue weighted by atomic mass is 32.1. The predicted molar refractivity (Wildman–Crippen MR) is 72.3 cm³/mol. The molecule has 1 amide bonds. The van der Waals surface area contributed by atoms with E-state index in [1.807, 2.05) is 11.9 Å². The van der Waals surface area contributed by atoms with Crippen LogP contribution in [0.15, 0.2) is 6.20 Å². The average Bonchev–Trinajstić information content (AvgIpc) is 2.90. The largest absolute Gasteiger partial charge is 0.395 e. The van der Waals surface area contributed by atoms with Gasteiger partial charge in [0.2, 0.25) is 0 Å². The van der Waals surface area contributed by atoms with Gasteiger partial charge in [0.1, 0.15) is 9.88 Å². The fourth-order valence-electron chi connectivity index (χ4n) is 3.23. The quantitative estimate of drug-likeness (QED) is 0.838. The number of rotatable bonds is 2. The summed E-state index contributed by atoms with van der Waals surface area (Å²) >= 11 is 0.858. The molecular formula is C13H16F3N3OS. The zero-order valence-electron chi connectivity index (χ0n) is 11.6. The minimum Gasteiger partial charge on any atom is -0.329 e. The third-order valence-electron chi connectivity index (χ3n) is 4.02. The minimum atomic E-state index is -4.29. The second-order valence-corrected chi connectivity index (χ2v) is 6.84. The summed E-state index contributed by atoms with van der Waals surface area (Å²) in [5, 5.41) is -0.0488. The van der Waals surface area contributed by atoms with Crippen molar-refractivity contribution in [2.75, 3.05) is 20.1 Å². The van der Waals surface area contributed by atoms with Gasteiger partial charge in [-0.1, -0.05) is 0 Å². The summed E-state index contributed by atoms with van der Waals surface area (Å²) in [6, 6.07) is 0.351. The normalized spacial score (nSPS) is 26.4. The maximum Gasteiger partial charge on any atom is 0.395 e. The van der Waals surface area contributed by atoms with Gasteiger partial charge < -0.3 is 9.80 Å². The molecule has 3 heterocycles. The Hall–Kier alpha value is -1.15. The van der Waals surface area contributed by atoms with Gasteiger partial charge in [0.15, 0.2) is 0 Å². The third-order valence-corrected chi connectivity index (χ3v) is 5.00. The fraction of sp³-hybridized carbons (Fsp3) is 0.692. The summed E-state index contributed by atoms with van der Waals surface area (Å²) in [6.07, 6.45) is -2.14. The lowest BCUT2D eigenvalue weighted by molar-refractivity contribution is -0.127. The van der Waals surface area contributed by atoms with E-state index >= 15 is 0 Å². The molecular weight excluding hydrogens is 303 g/mol. The molecule has 2 unspecified atom stereocenters. The first-order valence-electron chi connectivity index (χ1n) is 6.86. The molecule has 3 rings (SSSR count). The number of hydrogen-bond acceptors (Lipinski definition) is 4. The van der Waals surface area contributed by atoms with Crippen LogP contribution < -0.4 is 0 Å². The third kappa shape index (κ3) is 3.06.